The van der Waals surface area contributed by atoms with Crippen LogP contribution in [-0.4, -0.2) is 38.5 Å². The first-order chi connectivity index (χ1) is 13.2. The van der Waals surface area contributed by atoms with Gasteiger partial charge < -0.3 is 5.32 Å². The first-order valence-corrected chi connectivity index (χ1v) is 9.81. The summed E-state index contributed by atoms with van der Waals surface area (Å²) in [6.45, 7) is 4.54. The van der Waals surface area contributed by atoms with Crippen LogP contribution in [-0.2, 0) is 19.4 Å². The zero-order chi connectivity index (χ0) is 18.6. The molecule has 0 unspecified atom stereocenters. The zero-order valence-electron chi connectivity index (χ0n) is 15.2. The van der Waals surface area contributed by atoms with Gasteiger partial charge in [-0.2, -0.15) is 0 Å². The molecule has 7 heteroatoms. The van der Waals surface area contributed by atoms with Crippen LogP contribution in [0.3, 0.4) is 0 Å². The van der Waals surface area contributed by atoms with Crippen molar-refractivity contribution in [1.82, 2.24) is 19.5 Å². The summed E-state index contributed by atoms with van der Waals surface area (Å²) >= 11 is 1.10. The quantitative estimate of drug-likeness (QED) is 0.754. The SMILES string of the molecule is Cc1nnsc1C(=O)Nc1ncccc1CN1CCc2ccccc2CC1. The smallest absolute Gasteiger partial charge is 0.270 e. The molecule has 0 spiro atoms. The van der Waals surface area contributed by atoms with Gasteiger partial charge in [-0.15, -0.1) is 5.10 Å². The van der Waals surface area contributed by atoms with E-state index < -0.39 is 0 Å². The number of aromatic nitrogens is 3. The molecule has 1 aliphatic heterocycles. The van der Waals surface area contributed by atoms with Crippen LogP contribution in [0.5, 0.6) is 0 Å². The number of carbonyl (C=O) groups excluding carboxylic acids is 1. The summed E-state index contributed by atoms with van der Waals surface area (Å²) in [5, 5.41) is 6.83. The minimum atomic E-state index is -0.203. The van der Waals surface area contributed by atoms with Gasteiger partial charge in [0, 0.05) is 31.4 Å². The second-order valence-corrected chi connectivity index (χ2v) is 7.45. The number of pyridine rings is 1. The van der Waals surface area contributed by atoms with Crippen molar-refractivity contribution in [2.45, 2.75) is 26.3 Å². The molecule has 27 heavy (non-hydrogen) atoms. The average Bonchev–Trinajstić information content (AvgIpc) is 3.01. The molecule has 1 aromatic carbocycles. The fraction of sp³-hybridized carbons (Fsp3) is 0.300. The molecule has 3 heterocycles. The fourth-order valence-corrected chi connectivity index (χ4v) is 3.95. The third kappa shape index (κ3) is 4.04. The van der Waals surface area contributed by atoms with E-state index in [1.807, 2.05) is 12.1 Å². The van der Waals surface area contributed by atoms with Crippen molar-refractivity contribution in [1.29, 1.82) is 0 Å². The number of anilines is 1. The summed E-state index contributed by atoms with van der Waals surface area (Å²) in [6.07, 6.45) is 3.79. The van der Waals surface area contributed by atoms with Crippen molar-refractivity contribution < 1.29 is 4.79 Å². The van der Waals surface area contributed by atoms with Crippen LogP contribution in [0.1, 0.15) is 32.1 Å². The second kappa shape index (κ2) is 7.94. The molecular weight excluding hydrogens is 358 g/mol. The van der Waals surface area contributed by atoms with Gasteiger partial charge in [-0.05, 0) is 48.5 Å². The molecule has 4 rings (SSSR count). The Morgan fingerprint density at radius 2 is 1.89 bits per heavy atom. The van der Waals surface area contributed by atoms with E-state index in [1.54, 1.807) is 13.1 Å². The van der Waals surface area contributed by atoms with E-state index in [0.29, 0.717) is 16.4 Å². The normalized spacial score (nSPS) is 14.4. The summed E-state index contributed by atoms with van der Waals surface area (Å²) in [5.41, 5.74) is 4.54. The Morgan fingerprint density at radius 3 is 2.56 bits per heavy atom. The largest absolute Gasteiger partial charge is 0.305 e. The van der Waals surface area contributed by atoms with Crippen molar-refractivity contribution in [3.63, 3.8) is 0 Å². The highest BCUT2D eigenvalue weighted by atomic mass is 32.1. The maximum Gasteiger partial charge on any atom is 0.270 e. The number of carbonyl (C=O) groups is 1. The predicted molar refractivity (Wildman–Crippen MR) is 106 cm³/mol. The molecule has 1 amide bonds. The van der Waals surface area contributed by atoms with Gasteiger partial charge in [-0.25, -0.2) is 4.98 Å². The Kier molecular flexibility index (Phi) is 5.22. The average molecular weight is 379 g/mol. The number of amides is 1. The number of rotatable bonds is 4. The van der Waals surface area contributed by atoms with Crippen LogP contribution < -0.4 is 5.32 Å². The van der Waals surface area contributed by atoms with Gasteiger partial charge in [0.1, 0.15) is 10.7 Å². The summed E-state index contributed by atoms with van der Waals surface area (Å²) in [7, 11) is 0. The summed E-state index contributed by atoms with van der Waals surface area (Å²) < 4.78 is 3.83. The summed E-state index contributed by atoms with van der Waals surface area (Å²) in [4.78, 5) is 19.8. The van der Waals surface area contributed by atoms with Gasteiger partial charge in [-0.1, -0.05) is 34.8 Å². The lowest BCUT2D eigenvalue weighted by Crippen LogP contribution is -2.27. The highest BCUT2D eigenvalue weighted by Crippen LogP contribution is 2.20. The minimum Gasteiger partial charge on any atom is -0.305 e. The Hall–Kier alpha value is -2.64. The zero-order valence-corrected chi connectivity index (χ0v) is 16.0. The number of hydrogen-bond donors (Lipinski definition) is 1. The molecule has 0 fully saturated rings. The number of nitrogens with zero attached hydrogens (tertiary/aromatic N) is 4. The van der Waals surface area contributed by atoms with E-state index in [-0.39, 0.29) is 5.91 Å². The lowest BCUT2D eigenvalue weighted by atomic mass is 10.0. The number of fused-ring (bicyclic) bond motifs is 1. The third-order valence-electron chi connectivity index (χ3n) is 4.89. The lowest BCUT2D eigenvalue weighted by Gasteiger charge is -2.21. The van der Waals surface area contributed by atoms with Crippen molar-refractivity contribution >= 4 is 23.3 Å². The van der Waals surface area contributed by atoms with E-state index in [1.165, 1.54) is 11.1 Å². The Bertz CT molecular complexity index is 928. The molecule has 2 aromatic heterocycles. The van der Waals surface area contributed by atoms with Crippen LogP contribution in [0.25, 0.3) is 0 Å². The molecule has 0 saturated carbocycles. The Morgan fingerprint density at radius 1 is 1.15 bits per heavy atom. The van der Waals surface area contributed by atoms with Crippen LogP contribution in [0.15, 0.2) is 42.6 Å². The molecule has 0 atom stereocenters. The van der Waals surface area contributed by atoms with Crippen molar-refractivity contribution in [3.8, 4) is 0 Å². The number of benzene rings is 1. The molecule has 3 aromatic rings. The van der Waals surface area contributed by atoms with E-state index in [2.05, 4.69) is 49.1 Å². The van der Waals surface area contributed by atoms with Gasteiger partial charge in [0.25, 0.3) is 5.91 Å². The molecule has 1 aliphatic rings. The molecule has 0 saturated heterocycles. The first kappa shape index (κ1) is 17.8. The highest BCUT2D eigenvalue weighted by Gasteiger charge is 2.18. The van der Waals surface area contributed by atoms with Crippen molar-refractivity contribution in [2.24, 2.45) is 0 Å². The maximum absolute atomic E-state index is 12.5. The van der Waals surface area contributed by atoms with Gasteiger partial charge in [-0.3, -0.25) is 9.69 Å². The fourth-order valence-electron chi connectivity index (χ4n) is 3.40. The van der Waals surface area contributed by atoms with E-state index in [0.717, 1.165) is 49.6 Å². The van der Waals surface area contributed by atoms with Crippen LogP contribution in [0.4, 0.5) is 5.82 Å². The number of nitrogens with one attached hydrogen (secondary N) is 1. The second-order valence-electron chi connectivity index (χ2n) is 6.70. The molecule has 0 radical (unpaired) electrons. The molecule has 0 bridgehead atoms. The Labute approximate surface area is 162 Å². The predicted octanol–water partition coefficient (Wildman–Crippen LogP) is 3.09. The molecule has 6 nitrogen and oxygen atoms in total. The van der Waals surface area contributed by atoms with Crippen molar-refractivity contribution in [2.75, 3.05) is 18.4 Å². The van der Waals surface area contributed by atoms with Crippen molar-refractivity contribution in [3.05, 3.63) is 69.9 Å². The third-order valence-corrected chi connectivity index (χ3v) is 5.71. The summed E-state index contributed by atoms with van der Waals surface area (Å²) in [6, 6.07) is 12.6. The Balaban J connectivity index is 1.47. The number of aryl methyl sites for hydroxylation is 1. The van der Waals surface area contributed by atoms with Gasteiger partial charge in [0.2, 0.25) is 0 Å². The van der Waals surface area contributed by atoms with Crippen LogP contribution >= 0.6 is 11.5 Å². The van der Waals surface area contributed by atoms with Gasteiger partial charge >= 0.3 is 0 Å². The first-order valence-electron chi connectivity index (χ1n) is 9.04. The van der Waals surface area contributed by atoms with Crippen LogP contribution in [0.2, 0.25) is 0 Å². The van der Waals surface area contributed by atoms with Crippen LogP contribution in [0, 0.1) is 6.92 Å². The standard InChI is InChI=1S/C20H21N5OS/c1-14-18(27-24-23-14)20(26)22-19-17(7-4-10-21-19)13-25-11-8-15-5-2-3-6-16(15)9-12-25/h2-7,10H,8-9,11-13H2,1H3,(H,21,22,26). The van der Waals surface area contributed by atoms with E-state index in [4.69, 9.17) is 0 Å². The van der Waals surface area contributed by atoms with Gasteiger partial charge in [0.15, 0.2) is 0 Å². The number of hydrogen-bond acceptors (Lipinski definition) is 6. The minimum absolute atomic E-state index is 0.203. The highest BCUT2D eigenvalue weighted by molar-refractivity contribution is 7.08. The van der Waals surface area contributed by atoms with E-state index in [9.17, 15) is 4.79 Å². The monoisotopic (exact) mass is 379 g/mol. The summed E-state index contributed by atoms with van der Waals surface area (Å²) in [5.74, 6) is 0.405. The lowest BCUT2D eigenvalue weighted by molar-refractivity contribution is 0.102. The molecule has 0 aliphatic carbocycles. The maximum atomic E-state index is 12.5. The molecule has 138 valence electrons. The molecular formula is C20H21N5OS. The molecule has 1 N–H and O–H groups in total. The van der Waals surface area contributed by atoms with Gasteiger partial charge in [0.05, 0.1) is 5.69 Å². The van der Waals surface area contributed by atoms with E-state index >= 15 is 0 Å². The topological polar surface area (TPSA) is 71.0 Å².